The van der Waals surface area contributed by atoms with Crippen LogP contribution in [0.4, 0.5) is 0 Å². The first-order valence-corrected chi connectivity index (χ1v) is 6.46. The van der Waals surface area contributed by atoms with Crippen LogP contribution in [0.15, 0.2) is 0 Å². The summed E-state index contributed by atoms with van der Waals surface area (Å²) in [5.41, 5.74) is 0. The molecule has 0 aromatic carbocycles. The molecule has 0 spiro atoms. The smallest absolute Gasteiger partial charge is 0.303 e. The molecule has 0 aromatic heterocycles. The van der Waals surface area contributed by atoms with Gasteiger partial charge in [-0.15, -0.1) is 0 Å². The van der Waals surface area contributed by atoms with Gasteiger partial charge in [-0.3, -0.25) is 9.59 Å². The maximum atomic E-state index is 10.7. The Labute approximate surface area is 104 Å². The minimum atomic E-state index is -0.870. The zero-order valence-electron chi connectivity index (χ0n) is 10.9. The van der Waals surface area contributed by atoms with Gasteiger partial charge in [-0.05, 0) is 25.3 Å². The molecule has 0 aromatic rings. The fraction of sp³-hybridized carbons (Fsp3) is 0.846. The number of nitrogens with one attached hydrogen (secondary N) is 1. The molecule has 0 aliphatic rings. The Morgan fingerprint density at radius 3 is 2.53 bits per heavy atom. The van der Waals surface area contributed by atoms with Crippen molar-refractivity contribution in [2.24, 2.45) is 5.92 Å². The van der Waals surface area contributed by atoms with Crippen LogP contribution in [0.2, 0.25) is 0 Å². The lowest BCUT2D eigenvalue weighted by atomic mass is 9.99. The summed E-state index contributed by atoms with van der Waals surface area (Å²) in [6, 6.07) is -0.443. The van der Waals surface area contributed by atoms with Crippen LogP contribution < -0.4 is 5.32 Å². The van der Waals surface area contributed by atoms with Crippen molar-refractivity contribution < 1.29 is 14.7 Å². The Hall–Kier alpha value is -0.900. The highest BCUT2D eigenvalue weighted by molar-refractivity contribution is 5.68. The third kappa shape index (κ3) is 8.86. The van der Waals surface area contributed by atoms with E-state index < -0.39 is 12.0 Å². The first-order chi connectivity index (χ1) is 8.13. The fourth-order valence-corrected chi connectivity index (χ4v) is 1.72. The number of aliphatic carboxylic acids is 1. The van der Waals surface area contributed by atoms with Crippen LogP contribution in [-0.2, 0) is 9.59 Å². The second kappa shape index (κ2) is 10.3. The van der Waals surface area contributed by atoms with Gasteiger partial charge >= 0.3 is 5.97 Å². The van der Waals surface area contributed by atoms with Gasteiger partial charge in [0, 0.05) is 6.42 Å². The van der Waals surface area contributed by atoms with Crippen LogP contribution in [0.25, 0.3) is 0 Å². The lowest BCUT2D eigenvalue weighted by molar-refractivity contribution is -0.137. The highest BCUT2D eigenvalue weighted by atomic mass is 16.4. The number of hydrogen-bond donors (Lipinski definition) is 2. The van der Waals surface area contributed by atoms with E-state index in [-0.39, 0.29) is 6.42 Å². The zero-order valence-corrected chi connectivity index (χ0v) is 10.9. The van der Waals surface area contributed by atoms with E-state index in [9.17, 15) is 9.59 Å². The summed E-state index contributed by atoms with van der Waals surface area (Å²) in [6.45, 7) is 5.07. The molecule has 0 saturated heterocycles. The van der Waals surface area contributed by atoms with Gasteiger partial charge in [-0.25, -0.2) is 0 Å². The fourth-order valence-electron chi connectivity index (χ4n) is 1.72. The molecule has 2 atom stereocenters. The maximum Gasteiger partial charge on any atom is 0.303 e. The highest BCUT2D eigenvalue weighted by Gasteiger charge is 2.12. The summed E-state index contributed by atoms with van der Waals surface area (Å²) in [7, 11) is 0. The Bertz CT molecular complexity index is 219. The van der Waals surface area contributed by atoms with E-state index >= 15 is 0 Å². The van der Waals surface area contributed by atoms with E-state index in [4.69, 9.17) is 5.11 Å². The Morgan fingerprint density at radius 1 is 1.35 bits per heavy atom. The number of carboxylic acids is 1. The van der Waals surface area contributed by atoms with Crippen molar-refractivity contribution in [3.63, 3.8) is 0 Å². The minimum Gasteiger partial charge on any atom is -0.481 e. The van der Waals surface area contributed by atoms with Crippen LogP contribution in [0.5, 0.6) is 0 Å². The van der Waals surface area contributed by atoms with E-state index in [0.29, 0.717) is 12.3 Å². The summed E-state index contributed by atoms with van der Waals surface area (Å²) in [6.07, 6.45) is 6.82. The van der Waals surface area contributed by atoms with Gasteiger partial charge in [-0.2, -0.15) is 0 Å². The van der Waals surface area contributed by atoms with Crippen LogP contribution in [0, 0.1) is 5.92 Å². The lowest BCUT2D eigenvalue weighted by Gasteiger charge is -2.18. The standard InChI is InChI=1S/C13H24NO3/c1-3-5-6-11(4-2)9-14-12(10-15)7-8-13(16)17/h11-12,14H,3-9H2,1-2H3,(H,16,17)/t11?,12-/m0/s1. The van der Waals surface area contributed by atoms with Crippen molar-refractivity contribution in [2.75, 3.05) is 6.54 Å². The average molecular weight is 242 g/mol. The molecule has 0 aliphatic heterocycles. The van der Waals surface area contributed by atoms with Gasteiger partial charge in [-0.1, -0.05) is 33.1 Å². The Balaban J connectivity index is 3.85. The lowest BCUT2D eigenvalue weighted by Crippen LogP contribution is -2.35. The molecule has 1 unspecified atom stereocenters. The largest absolute Gasteiger partial charge is 0.481 e. The molecule has 2 N–H and O–H groups in total. The van der Waals surface area contributed by atoms with Gasteiger partial charge in [0.15, 0.2) is 0 Å². The van der Waals surface area contributed by atoms with Crippen molar-refractivity contribution in [1.82, 2.24) is 5.32 Å². The SMILES string of the molecule is CCCCC(CC)CN[C@H]([C]=O)CCC(=O)O. The van der Waals surface area contributed by atoms with E-state index in [2.05, 4.69) is 19.2 Å². The first-order valence-electron chi connectivity index (χ1n) is 6.46. The molecule has 1 radical (unpaired) electrons. The average Bonchev–Trinajstić information content (AvgIpc) is 2.32. The van der Waals surface area contributed by atoms with E-state index in [0.717, 1.165) is 19.4 Å². The number of carbonyl (C=O) groups excluding carboxylic acids is 1. The molecule has 4 heteroatoms. The molecule has 0 amide bonds. The second-order valence-electron chi connectivity index (χ2n) is 4.43. The van der Waals surface area contributed by atoms with E-state index in [1.165, 1.54) is 12.8 Å². The summed E-state index contributed by atoms with van der Waals surface area (Å²) in [4.78, 5) is 21.0. The monoisotopic (exact) mass is 242 g/mol. The molecule has 99 valence electrons. The minimum absolute atomic E-state index is 0.0126. The summed E-state index contributed by atoms with van der Waals surface area (Å²) in [5, 5.41) is 11.6. The van der Waals surface area contributed by atoms with Crippen LogP contribution in [0.1, 0.15) is 52.4 Å². The van der Waals surface area contributed by atoms with E-state index in [1.54, 1.807) is 0 Å². The van der Waals surface area contributed by atoms with Crippen molar-refractivity contribution >= 4 is 12.3 Å². The molecule has 0 aliphatic carbocycles. The summed E-state index contributed by atoms with van der Waals surface area (Å²) >= 11 is 0. The zero-order chi connectivity index (χ0) is 13.1. The van der Waals surface area contributed by atoms with E-state index in [1.807, 2.05) is 6.29 Å². The maximum absolute atomic E-state index is 10.7. The number of carboxylic acid groups (broad SMARTS) is 1. The molecule has 0 heterocycles. The molecule has 0 fully saturated rings. The van der Waals surface area contributed by atoms with Gasteiger partial charge in [0.1, 0.15) is 0 Å². The quantitative estimate of drug-likeness (QED) is 0.582. The number of unbranched alkanes of at least 4 members (excludes halogenated alkanes) is 1. The molecule has 0 saturated carbocycles. The van der Waals surface area contributed by atoms with Crippen molar-refractivity contribution in [3.8, 4) is 0 Å². The number of rotatable bonds is 11. The summed E-state index contributed by atoms with van der Waals surface area (Å²) < 4.78 is 0. The molecular formula is C13H24NO3. The van der Waals surface area contributed by atoms with Crippen LogP contribution >= 0.6 is 0 Å². The Kier molecular flexibility index (Phi) is 9.72. The third-order valence-electron chi connectivity index (χ3n) is 2.99. The molecule has 0 bridgehead atoms. The topological polar surface area (TPSA) is 66.4 Å². The second-order valence-corrected chi connectivity index (χ2v) is 4.43. The molecule has 17 heavy (non-hydrogen) atoms. The number of carbonyl (C=O) groups is 1. The van der Waals surface area contributed by atoms with Gasteiger partial charge < -0.3 is 10.4 Å². The van der Waals surface area contributed by atoms with Gasteiger partial charge in [0.05, 0.1) is 6.04 Å². The Morgan fingerprint density at radius 2 is 2.06 bits per heavy atom. The van der Waals surface area contributed by atoms with Crippen LogP contribution in [0.3, 0.4) is 0 Å². The van der Waals surface area contributed by atoms with Crippen LogP contribution in [-0.4, -0.2) is 29.9 Å². The molecule has 4 nitrogen and oxygen atoms in total. The number of hydrogen-bond acceptors (Lipinski definition) is 3. The predicted octanol–water partition coefficient (Wildman–Crippen LogP) is 2.14. The van der Waals surface area contributed by atoms with Crippen molar-refractivity contribution in [1.29, 1.82) is 0 Å². The van der Waals surface area contributed by atoms with Gasteiger partial charge in [0.25, 0.3) is 0 Å². The highest BCUT2D eigenvalue weighted by Crippen LogP contribution is 2.11. The summed E-state index contributed by atoms with van der Waals surface area (Å²) in [5.74, 6) is -0.305. The normalized spacial score (nSPS) is 14.2. The van der Waals surface area contributed by atoms with Gasteiger partial charge in [0.2, 0.25) is 6.29 Å². The van der Waals surface area contributed by atoms with Crippen molar-refractivity contribution in [2.45, 2.75) is 58.4 Å². The predicted molar refractivity (Wildman–Crippen MR) is 67.7 cm³/mol. The molecule has 0 rings (SSSR count). The van der Waals surface area contributed by atoms with Crippen molar-refractivity contribution in [3.05, 3.63) is 0 Å². The molecular weight excluding hydrogens is 218 g/mol. The third-order valence-corrected chi connectivity index (χ3v) is 2.99. The first kappa shape index (κ1) is 16.1.